The van der Waals surface area contributed by atoms with Gasteiger partial charge in [0.1, 0.15) is 18.2 Å². The monoisotopic (exact) mass is 552 g/mol. The zero-order chi connectivity index (χ0) is 21.9. The third-order valence-electron chi connectivity index (χ3n) is 4.77. The van der Waals surface area contributed by atoms with Crippen LogP contribution in [-0.4, -0.2) is 54.0 Å². The van der Waals surface area contributed by atoms with Crippen molar-refractivity contribution >= 4 is 35.6 Å². The summed E-state index contributed by atoms with van der Waals surface area (Å²) in [6.07, 6.45) is 3.76. The summed E-state index contributed by atoms with van der Waals surface area (Å²) in [7, 11) is 1.67. The molecule has 174 valence electrons. The number of hydrogen-bond acceptors (Lipinski definition) is 5. The quantitative estimate of drug-likeness (QED) is 0.164. The first kappa shape index (κ1) is 25.9. The summed E-state index contributed by atoms with van der Waals surface area (Å²) in [5.41, 5.74) is 3.09. The fourth-order valence-corrected chi connectivity index (χ4v) is 3.18. The Bertz CT molecular complexity index is 992. The molecule has 0 aliphatic carbocycles. The van der Waals surface area contributed by atoms with Crippen molar-refractivity contribution in [1.29, 1.82) is 0 Å². The van der Waals surface area contributed by atoms with E-state index in [2.05, 4.69) is 46.8 Å². The van der Waals surface area contributed by atoms with Gasteiger partial charge in [-0.05, 0) is 44.0 Å². The van der Waals surface area contributed by atoms with Crippen molar-refractivity contribution in [2.75, 3.05) is 33.4 Å². The number of fused-ring (bicyclic) bond motifs is 1. The minimum Gasteiger partial charge on any atom is -0.491 e. The highest BCUT2D eigenvalue weighted by Crippen LogP contribution is 2.21. The highest BCUT2D eigenvalue weighted by Gasteiger charge is 2.07. The molecule has 3 aromatic rings. The molecule has 0 saturated carbocycles. The van der Waals surface area contributed by atoms with Crippen molar-refractivity contribution < 1.29 is 9.47 Å². The van der Waals surface area contributed by atoms with Crippen LogP contribution < -0.4 is 15.4 Å². The van der Waals surface area contributed by atoms with Gasteiger partial charge in [0, 0.05) is 38.4 Å². The molecule has 0 spiro atoms. The minimum atomic E-state index is 0. The molecule has 2 heterocycles. The molecule has 8 nitrogen and oxygen atoms in total. The Morgan fingerprint density at radius 3 is 2.81 bits per heavy atom. The lowest BCUT2D eigenvalue weighted by atomic mass is 10.1. The van der Waals surface area contributed by atoms with E-state index < -0.39 is 0 Å². The fraction of sp³-hybridized carbons (Fsp3) is 0.435. The molecule has 0 amide bonds. The van der Waals surface area contributed by atoms with Crippen molar-refractivity contribution in [2.45, 2.75) is 33.2 Å². The second-order valence-electron chi connectivity index (χ2n) is 7.22. The highest BCUT2D eigenvalue weighted by molar-refractivity contribution is 14.0. The third kappa shape index (κ3) is 7.63. The molecule has 0 atom stereocenters. The molecule has 0 fully saturated rings. The molecule has 1 aromatic carbocycles. The van der Waals surface area contributed by atoms with Gasteiger partial charge in [-0.15, -0.1) is 34.2 Å². The number of rotatable bonds is 11. The summed E-state index contributed by atoms with van der Waals surface area (Å²) in [5, 5.41) is 15.2. The second-order valence-corrected chi connectivity index (χ2v) is 7.22. The number of nitrogens with zero attached hydrogens (tertiary/aromatic N) is 4. The molecular weight excluding hydrogens is 519 g/mol. The molecule has 2 aromatic heterocycles. The predicted octanol–water partition coefficient (Wildman–Crippen LogP) is 3.37. The van der Waals surface area contributed by atoms with Gasteiger partial charge in [-0.3, -0.25) is 4.40 Å². The molecule has 9 heteroatoms. The van der Waals surface area contributed by atoms with Gasteiger partial charge in [-0.2, -0.15) is 0 Å². The Labute approximate surface area is 206 Å². The fourth-order valence-electron chi connectivity index (χ4n) is 3.18. The summed E-state index contributed by atoms with van der Waals surface area (Å²) < 4.78 is 13.0. The summed E-state index contributed by atoms with van der Waals surface area (Å²) in [6, 6.07) is 12.1. The van der Waals surface area contributed by atoms with Gasteiger partial charge >= 0.3 is 0 Å². The van der Waals surface area contributed by atoms with Crippen molar-refractivity contribution in [2.24, 2.45) is 4.99 Å². The number of guanidine groups is 1. The number of benzene rings is 1. The Morgan fingerprint density at radius 1 is 1.12 bits per heavy atom. The van der Waals surface area contributed by atoms with E-state index in [4.69, 9.17) is 14.5 Å². The Hall–Kier alpha value is -2.40. The standard InChI is InChI=1S/C23H32N6O2.HI/c1-4-24-23(25-12-7-9-22-28-27-21-8-5-6-13-29(21)22)26-17-19-11-10-18(2)16-20(19)31-15-14-30-3;/h5-6,8,10-11,13,16H,4,7,9,12,14-15,17H2,1-3H3,(H2,24,25,26);1H. The van der Waals surface area contributed by atoms with E-state index in [1.807, 2.05) is 34.9 Å². The van der Waals surface area contributed by atoms with Gasteiger partial charge in [-0.1, -0.05) is 18.2 Å². The first-order chi connectivity index (χ1) is 15.2. The van der Waals surface area contributed by atoms with Crippen LogP contribution in [0.2, 0.25) is 0 Å². The van der Waals surface area contributed by atoms with Crippen molar-refractivity contribution in [3.05, 3.63) is 59.5 Å². The van der Waals surface area contributed by atoms with Crippen LogP contribution in [-0.2, 0) is 17.7 Å². The smallest absolute Gasteiger partial charge is 0.191 e. The summed E-state index contributed by atoms with van der Waals surface area (Å²) >= 11 is 0. The average molecular weight is 552 g/mol. The van der Waals surface area contributed by atoms with Crippen molar-refractivity contribution in [1.82, 2.24) is 25.2 Å². The van der Waals surface area contributed by atoms with E-state index in [0.29, 0.717) is 19.8 Å². The Kier molecular flexibility index (Phi) is 11.2. The summed E-state index contributed by atoms with van der Waals surface area (Å²) in [5.74, 6) is 2.61. The number of halogens is 1. The minimum absolute atomic E-state index is 0. The van der Waals surface area contributed by atoms with Crippen molar-refractivity contribution in [3.63, 3.8) is 0 Å². The lowest BCUT2D eigenvalue weighted by Crippen LogP contribution is -2.37. The number of nitrogens with one attached hydrogen (secondary N) is 2. The zero-order valence-electron chi connectivity index (χ0n) is 19.0. The van der Waals surface area contributed by atoms with E-state index in [1.54, 1.807) is 7.11 Å². The van der Waals surface area contributed by atoms with Crippen LogP contribution in [0.25, 0.3) is 5.65 Å². The lowest BCUT2D eigenvalue weighted by Gasteiger charge is -2.13. The van der Waals surface area contributed by atoms with Gasteiger partial charge in [-0.25, -0.2) is 4.99 Å². The molecule has 2 N–H and O–H groups in total. The topological polar surface area (TPSA) is 85.1 Å². The SMILES string of the molecule is CCNC(=NCc1ccc(C)cc1OCCOC)NCCCc1nnc2ccccn12.I. The number of hydrogen-bond donors (Lipinski definition) is 2. The van der Waals surface area contributed by atoms with Crippen LogP contribution in [0.4, 0.5) is 0 Å². The van der Waals surface area contributed by atoms with Crippen LogP contribution >= 0.6 is 24.0 Å². The maximum atomic E-state index is 5.88. The van der Waals surface area contributed by atoms with E-state index in [9.17, 15) is 0 Å². The maximum Gasteiger partial charge on any atom is 0.191 e. The highest BCUT2D eigenvalue weighted by atomic mass is 127. The maximum absolute atomic E-state index is 5.88. The molecule has 0 saturated heterocycles. The first-order valence-electron chi connectivity index (χ1n) is 10.7. The molecule has 0 bridgehead atoms. The zero-order valence-corrected chi connectivity index (χ0v) is 21.3. The number of aliphatic imine (C=N–C) groups is 1. The van der Waals surface area contributed by atoms with Crippen molar-refractivity contribution in [3.8, 4) is 5.75 Å². The van der Waals surface area contributed by atoms with Gasteiger partial charge in [0.15, 0.2) is 11.6 Å². The largest absolute Gasteiger partial charge is 0.491 e. The van der Waals surface area contributed by atoms with E-state index >= 15 is 0 Å². The van der Waals surface area contributed by atoms with Crippen LogP contribution in [0.1, 0.15) is 30.3 Å². The molecule has 3 rings (SSSR count). The molecule has 0 aliphatic heterocycles. The lowest BCUT2D eigenvalue weighted by molar-refractivity contribution is 0.145. The number of pyridine rings is 1. The number of aromatic nitrogens is 3. The van der Waals surface area contributed by atoms with Crippen LogP contribution in [0.15, 0.2) is 47.6 Å². The molecular formula is C23H33IN6O2. The average Bonchev–Trinajstić information content (AvgIpc) is 3.19. The molecule has 32 heavy (non-hydrogen) atoms. The molecule has 0 unspecified atom stereocenters. The summed E-state index contributed by atoms with van der Waals surface area (Å²) in [4.78, 5) is 4.74. The van der Waals surface area contributed by atoms with Gasteiger partial charge < -0.3 is 20.1 Å². The number of ether oxygens (including phenoxy) is 2. The summed E-state index contributed by atoms with van der Waals surface area (Å²) in [6.45, 7) is 7.32. The normalized spacial score (nSPS) is 11.3. The van der Waals surface area contributed by atoms with Crippen LogP contribution in [0.5, 0.6) is 5.75 Å². The number of aryl methyl sites for hydroxylation is 2. The molecule has 0 radical (unpaired) electrons. The Balaban J connectivity index is 0.00000363. The van der Waals surface area contributed by atoms with Crippen LogP contribution in [0, 0.1) is 6.92 Å². The van der Waals surface area contributed by atoms with Crippen LogP contribution in [0.3, 0.4) is 0 Å². The Morgan fingerprint density at radius 2 is 2.00 bits per heavy atom. The van der Waals surface area contributed by atoms with E-state index in [1.165, 1.54) is 0 Å². The third-order valence-corrected chi connectivity index (χ3v) is 4.77. The first-order valence-corrected chi connectivity index (χ1v) is 10.7. The van der Waals surface area contributed by atoms with Gasteiger partial charge in [0.2, 0.25) is 0 Å². The van der Waals surface area contributed by atoms with Gasteiger partial charge in [0.25, 0.3) is 0 Å². The second kappa shape index (κ2) is 13.9. The van der Waals surface area contributed by atoms with Gasteiger partial charge in [0.05, 0.1) is 13.2 Å². The predicted molar refractivity (Wildman–Crippen MR) is 138 cm³/mol. The molecule has 0 aliphatic rings. The van der Waals surface area contributed by atoms with E-state index in [-0.39, 0.29) is 24.0 Å². The number of methoxy groups -OCH3 is 1. The van der Waals surface area contributed by atoms with E-state index in [0.717, 1.165) is 60.2 Å².